The molecule has 1 N–H and O–H groups in total. The number of hydrogen-bond donors (Lipinski definition) is 1. The van der Waals surface area contributed by atoms with E-state index >= 15 is 0 Å². The van der Waals surface area contributed by atoms with Gasteiger partial charge in [0, 0.05) is 5.75 Å². The molecule has 0 radical (unpaired) electrons. The molecule has 0 amide bonds. The highest BCUT2D eigenvalue weighted by atomic mass is 32.2. The summed E-state index contributed by atoms with van der Waals surface area (Å²) in [5, 5.41) is 8.78. The van der Waals surface area contributed by atoms with Gasteiger partial charge in [-0.2, -0.15) is 0 Å². The molecule has 110 valence electrons. The van der Waals surface area contributed by atoms with Crippen LogP contribution in [0.1, 0.15) is 26.3 Å². The minimum atomic E-state index is -0.898. The van der Waals surface area contributed by atoms with Gasteiger partial charge in [-0.1, -0.05) is 30.3 Å². The minimum Gasteiger partial charge on any atom is -0.481 e. The van der Waals surface area contributed by atoms with Crippen molar-refractivity contribution in [3.63, 3.8) is 0 Å². The topological polar surface area (TPSA) is 63.6 Å². The molecule has 1 aromatic carbocycles. The Bertz CT molecular complexity index is 451. The smallest absolute Gasteiger partial charge is 0.367 e. The molecule has 0 spiro atoms. The first-order chi connectivity index (χ1) is 9.28. The second kappa shape index (κ2) is 7.33. The molecule has 0 saturated heterocycles. The molecule has 1 atom stereocenters. The Hall–Kier alpha value is -1.49. The average molecular weight is 296 g/mol. The van der Waals surface area contributed by atoms with Crippen molar-refractivity contribution < 1.29 is 19.4 Å². The van der Waals surface area contributed by atoms with Crippen molar-refractivity contribution in [3.05, 3.63) is 35.9 Å². The maximum Gasteiger partial charge on any atom is 0.367 e. The van der Waals surface area contributed by atoms with E-state index < -0.39 is 22.8 Å². The Labute approximate surface area is 123 Å². The zero-order valence-electron chi connectivity index (χ0n) is 12.0. The first-order valence-corrected chi connectivity index (χ1v) is 7.39. The molecule has 0 aliphatic heterocycles. The third kappa shape index (κ3) is 6.61. The van der Waals surface area contributed by atoms with E-state index in [1.807, 2.05) is 30.3 Å². The highest BCUT2D eigenvalue weighted by Crippen LogP contribution is 2.20. The second-order valence-corrected chi connectivity index (χ2v) is 6.46. The second-order valence-electron chi connectivity index (χ2n) is 5.50. The first-order valence-electron chi connectivity index (χ1n) is 6.40. The summed E-state index contributed by atoms with van der Waals surface area (Å²) >= 11 is 0.917. The van der Waals surface area contributed by atoms with E-state index in [0.29, 0.717) is 6.42 Å². The Morgan fingerprint density at radius 3 is 2.35 bits per heavy atom. The van der Waals surface area contributed by atoms with E-state index in [1.54, 1.807) is 20.8 Å². The van der Waals surface area contributed by atoms with Gasteiger partial charge in [0.2, 0.25) is 0 Å². The molecule has 0 aliphatic rings. The summed E-state index contributed by atoms with van der Waals surface area (Å²) in [5.74, 6) is -1.29. The molecule has 0 bridgehead atoms. The van der Waals surface area contributed by atoms with Gasteiger partial charge in [0.15, 0.2) is 0 Å². The summed E-state index contributed by atoms with van der Waals surface area (Å²) in [6.07, 6.45) is 0.409. The summed E-state index contributed by atoms with van der Waals surface area (Å²) in [7, 11) is 0. The molecule has 1 unspecified atom stereocenters. The third-order valence-electron chi connectivity index (χ3n) is 2.47. The molecule has 5 heteroatoms. The molecular formula is C15H20O4S. The number of aliphatic carboxylic acids is 1. The standard InChI is InChI=1S/C15H20O4S/c1-15(2,3)19-14(18)20-10-12(13(16)17)9-11-7-5-4-6-8-11/h4-8,12H,9-10H2,1-3H3,(H,16,17). The summed E-state index contributed by atoms with van der Waals surface area (Å²) in [6.45, 7) is 5.35. The highest BCUT2D eigenvalue weighted by molar-refractivity contribution is 8.13. The van der Waals surface area contributed by atoms with Gasteiger partial charge >= 0.3 is 11.3 Å². The Kier molecular flexibility index (Phi) is 6.07. The van der Waals surface area contributed by atoms with Gasteiger partial charge in [-0.05, 0) is 44.5 Å². The fraction of sp³-hybridized carbons (Fsp3) is 0.467. The number of hydrogen-bond acceptors (Lipinski definition) is 4. The van der Waals surface area contributed by atoms with Crippen LogP contribution < -0.4 is 0 Å². The van der Waals surface area contributed by atoms with E-state index in [2.05, 4.69) is 0 Å². The minimum absolute atomic E-state index is 0.207. The van der Waals surface area contributed by atoms with Crippen LogP contribution in [0.4, 0.5) is 4.79 Å². The number of carbonyl (C=O) groups is 2. The molecule has 0 saturated carbocycles. The van der Waals surface area contributed by atoms with Crippen LogP contribution in [0.2, 0.25) is 0 Å². The number of thioether (sulfide) groups is 1. The number of carboxylic acids is 1. The molecule has 1 aromatic rings. The lowest BCUT2D eigenvalue weighted by Gasteiger charge is -2.19. The van der Waals surface area contributed by atoms with Crippen molar-refractivity contribution in [2.75, 3.05) is 5.75 Å². The lowest BCUT2D eigenvalue weighted by molar-refractivity contribution is -0.140. The third-order valence-corrected chi connectivity index (χ3v) is 3.35. The van der Waals surface area contributed by atoms with Gasteiger partial charge in [0.1, 0.15) is 5.60 Å². The molecule has 0 aliphatic carbocycles. The predicted molar refractivity (Wildman–Crippen MR) is 80.0 cm³/mol. The van der Waals surface area contributed by atoms with Crippen LogP contribution in [-0.2, 0) is 16.0 Å². The van der Waals surface area contributed by atoms with Crippen LogP contribution in [0.5, 0.6) is 0 Å². The number of ether oxygens (including phenoxy) is 1. The van der Waals surface area contributed by atoms with Crippen molar-refractivity contribution in [2.45, 2.75) is 32.8 Å². The molecule has 0 aromatic heterocycles. The van der Waals surface area contributed by atoms with E-state index in [-0.39, 0.29) is 5.75 Å². The summed E-state index contributed by atoms with van der Waals surface area (Å²) in [4.78, 5) is 22.8. The first kappa shape index (κ1) is 16.6. The number of carboxylic acid groups (broad SMARTS) is 1. The fourth-order valence-corrected chi connectivity index (χ4v) is 2.47. The predicted octanol–water partition coefficient (Wildman–Crippen LogP) is 3.60. The lowest BCUT2D eigenvalue weighted by atomic mass is 10.0. The van der Waals surface area contributed by atoms with Crippen LogP contribution in [-0.4, -0.2) is 27.7 Å². The Balaban J connectivity index is 2.52. The Morgan fingerprint density at radius 1 is 1.25 bits per heavy atom. The van der Waals surface area contributed by atoms with Crippen LogP contribution in [0.25, 0.3) is 0 Å². The van der Waals surface area contributed by atoms with Gasteiger partial charge < -0.3 is 9.84 Å². The largest absolute Gasteiger partial charge is 0.481 e. The SMILES string of the molecule is CC(C)(C)OC(=O)SCC(Cc1ccccc1)C(=O)O. The molecule has 1 rings (SSSR count). The monoisotopic (exact) mass is 296 g/mol. The Morgan fingerprint density at radius 2 is 1.85 bits per heavy atom. The van der Waals surface area contributed by atoms with Gasteiger partial charge in [-0.25, -0.2) is 4.79 Å². The van der Waals surface area contributed by atoms with E-state index in [4.69, 9.17) is 4.74 Å². The van der Waals surface area contributed by atoms with Crippen LogP contribution in [0.15, 0.2) is 30.3 Å². The number of carbonyl (C=O) groups excluding carboxylic acids is 1. The van der Waals surface area contributed by atoms with Crippen molar-refractivity contribution in [3.8, 4) is 0 Å². The van der Waals surface area contributed by atoms with Crippen molar-refractivity contribution in [2.24, 2.45) is 5.92 Å². The summed E-state index contributed by atoms with van der Waals surface area (Å²) < 4.78 is 5.15. The number of rotatable bonds is 5. The van der Waals surface area contributed by atoms with Crippen molar-refractivity contribution in [1.29, 1.82) is 0 Å². The summed E-state index contributed by atoms with van der Waals surface area (Å²) in [6, 6.07) is 9.39. The number of benzene rings is 1. The molecule has 20 heavy (non-hydrogen) atoms. The van der Waals surface area contributed by atoms with Gasteiger partial charge in [-0.3, -0.25) is 4.79 Å². The van der Waals surface area contributed by atoms with Crippen molar-refractivity contribution in [1.82, 2.24) is 0 Å². The quantitative estimate of drug-likeness (QED) is 0.841. The fourth-order valence-electron chi connectivity index (χ4n) is 1.56. The molecule has 0 fully saturated rings. The van der Waals surface area contributed by atoms with Gasteiger partial charge in [-0.15, -0.1) is 0 Å². The van der Waals surface area contributed by atoms with Crippen LogP contribution in [0.3, 0.4) is 0 Å². The molecular weight excluding hydrogens is 276 g/mol. The molecule has 0 heterocycles. The molecule has 4 nitrogen and oxygen atoms in total. The zero-order chi connectivity index (χ0) is 15.2. The lowest BCUT2D eigenvalue weighted by Crippen LogP contribution is -2.24. The maximum absolute atomic E-state index is 11.6. The van der Waals surface area contributed by atoms with E-state index in [0.717, 1.165) is 17.3 Å². The summed E-state index contributed by atoms with van der Waals surface area (Å²) in [5.41, 5.74) is 0.395. The van der Waals surface area contributed by atoms with E-state index in [1.165, 1.54) is 0 Å². The highest BCUT2D eigenvalue weighted by Gasteiger charge is 2.22. The maximum atomic E-state index is 11.6. The van der Waals surface area contributed by atoms with E-state index in [9.17, 15) is 14.7 Å². The van der Waals surface area contributed by atoms with Gasteiger partial charge in [0.05, 0.1) is 5.92 Å². The normalized spacial score (nSPS) is 12.8. The van der Waals surface area contributed by atoms with Gasteiger partial charge in [0.25, 0.3) is 0 Å². The van der Waals surface area contributed by atoms with Crippen LogP contribution in [0, 0.1) is 5.92 Å². The van der Waals surface area contributed by atoms with Crippen LogP contribution >= 0.6 is 11.8 Å². The average Bonchev–Trinajstić information content (AvgIpc) is 2.33. The zero-order valence-corrected chi connectivity index (χ0v) is 12.8. The van der Waals surface area contributed by atoms with Crippen molar-refractivity contribution >= 4 is 23.0 Å².